The van der Waals surface area contributed by atoms with Crippen LogP contribution in [0.5, 0.6) is 0 Å². The summed E-state index contributed by atoms with van der Waals surface area (Å²) in [4.78, 5) is 4.42. The summed E-state index contributed by atoms with van der Waals surface area (Å²) in [6.45, 7) is 4.02. The van der Waals surface area contributed by atoms with Crippen molar-refractivity contribution in [1.29, 1.82) is 0 Å². The molecule has 2 N–H and O–H groups in total. The number of rotatable bonds is 3. The molecule has 0 aliphatic heterocycles. The van der Waals surface area contributed by atoms with Crippen LogP contribution in [0, 0.1) is 6.92 Å². The van der Waals surface area contributed by atoms with Crippen molar-refractivity contribution >= 4 is 11.1 Å². The van der Waals surface area contributed by atoms with E-state index in [0.29, 0.717) is 0 Å². The lowest BCUT2D eigenvalue weighted by atomic mass is 10.2. The van der Waals surface area contributed by atoms with Gasteiger partial charge >= 0.3 is 0 Å². The van der Waals surface area contributed by atoms with Gasteiger partial charge in [0.25, 0.3) is 0 Å². The molecule has 2 aromatic rings. The van der Waals surface area contributed by atoms with E-state index in [1.165, 1.54) is 0 Å². The Morgan fingerprint density at radius 1 is 1.47 bits per heavy atom. The van der Waals surface area contributed by atoms with E-state index in [4.69, 9.17) is 10.2 Å². The lowest BCUT2D eigenvalue weighted by Gasteiger charge is -1.99. The zero-order valence-corrected chi connectivity index (χ0v) is 9.16. The molecule has 0 fully saturated rings. The SMILES string of the molecule is Cc1cccc2nc(CCC(C)N)oc12. The normalized spacial score (nSPS) is 13.3. The number of nitrogens with zero attached hydrogens (tertiary/aromatic N) is 1. The lowest BCUT2D eigenvalue weighted by Crippen LogP contribution is -2.15. The molecule has 1 unspecified atom stereocenters. The maximum absolute atomic E-state index is 5.69. The molecule has 0 radical (unpaired) electrons. The fourth-order valence-electron chi connectivity index (χ4n) is 1.59. The standard InChI is InChI=1S/C12H16N2O/c1-8-4-3-5-10-12(8)15-11(14-10)7-6-9(2)13/h3-5,9H,6-7,13H2,1-2H3. The van der Waals surface area contributed by atoms with E-state index in [-0.39, 0.29) is 6.04 Å². The highest BCUT2D eigenvalue weighted by molar-refractivity contribution is 5.75. The Bertz CT molecular complexity index is 460. The molecule has 0 aliphatic rings. The van der Waals surface area contributed by atoms with Crippen molar-refractivity contribution < 1.29 is 4.42 Å². The Labute approximate surface area is 89.3 Å². The summed E-state index contributed by atoms with van der Waals surface area (Å²) in [6.07, 6.45) is 1.72. The van der Waals surface area contributed by atoms with Gasteiger partial charge in [-0.05, 0) is 31.9 Å². The summed E-state index contributed by atoms with van der Waals surface area (Å²) >= 11 is 0. The second-order valence-corrected chi connectivity index (χ2v) is 4.05. The minimum Gasteiger partial charge on any atom is -0.440 e. The third-order valence-corrected chi connectivity index (χ3v) is 2.47. The topological polar surface area (TPSA) is 52.0 Å². The van der Waals surface area contributed by atoms with Crippen molar-refractivity contribution in [3.63, 3.8) is 0 Å². The van der Waals surface area contributed by atoms with Crippen LogP contribution in [0.2, 0.25) is 0 Å². The predicted octanol–water partition coefficient (Wildman–Crippen LogP) is 2.42. The number of aryl methyl sites for hydroxylation is 2. The molecule has 0 spiro atoms. The molecule has 0 aliphatic carbocycles. The van der Waals surface area contributed by atoms with Gasteiger partial charge in [0.2, 0.25) is 0 Å². The molecule has 1 aromatic carbocycles. The van der Waals surface area contributed by atoms with Gasteiger partial charge in [-0.15, -0.1) is 0 Å². The van der Waals surface area contributed by atoms with Crippen LogP contribution < -0.4 is 5.73 Å². The van der Waals surface area contributed by atoms with Crippen molar-refractivity contribution in [2.24, 2.45) is 5.73 Å². The molecule has 0 saturated carbocycles. The second-order valence-electron chi connectivity index (χ2n) is 4.05. The summed E-state index contributed by atoms with van der Waals surface area (Å²) < 4.78 is 5.68. The highest BCUT2D eigenvalue weighted by Crippen LogP contribution is 2.19. The largest absolute Gasteiger partial charge is 0.440 e. The molecule has 2 rings (SSSR count). The average molecular weight is 204 g/mol. The van der Waals surface area contributed by atoms with Crippen molar-refractivity contribution in [1.82, 2.24) is 4.98 Å². The second kappa shape index (κ2) is 4.03. The van der Waals surface area contributed by atoms with Crippen LogP contribution in [0.4, 0.5) is 0 Å². The third kappa shape index (κ3) is 2.18. The van der Waals surface area contributed by atoms with E-state index < -0.39 is 0 Å². The Morgan fingerprint density at radius 2 is 2.27 bits per heavy atom. The number of hydrogen-bond acceptors (Lipinski definition) is 3. The lowest BCUT2D eigenvalue weighted by molar-refractivity contribution is 0.503. The van der Waals surface area contributed by atoms with Gasteiger partial charge in [-0.2, -0.15) is 0 Å². The summed E-state index contributed by atoms with van der Waals surface area (Å²) in [6, 6.07) is 6.20. The molecule has 3 heteroatoms. The van der Waals surface area contributed by atoms with Gasteiger partial charge in [0.15, 0.2) is 11.5 Å². The van der Waals surface area contributed by atoms with E-state index in [1.54, 1.807) is 0 Å². The summed E-state index contributed by atoms with van der Waals surface area (Å²) in [5, 5.41) is 0. The molecule has 80 valence electrons. The molecular weight excluding hydrogens is 188 g/mol. The zero-order valence-electron chi connectivity index (χ0n) is 9.16. The number of benzene rings is 1. The van der Waals surface area contributed by atoms with E-state index in [1.807, 2.05) is 32.0 Å². The van der Waals surface area contributed by atoms with Crippen molar-refractivity contribution in [3.8, 4) is 0 Å². The van der Waals surface area contributed by atoms with Crippen LogP contribution in [0.3, 0.4) is 0 Å². The highest BCUT2D eigenvalue weighted by Gasteiger charge is 2.07. The summed E-state index contributed by atoms with van der Waals surface area (Å²) in [5.74, 6) is 0.789. The molecule has 0 bridgehead atoms. The van der Waals surface area contributed by atoms with Gasteiger partial charge in [0, 0.05) is 12.5 Å². The quantitative estimate of drug-likeness (QED) is 0.835. The first-order valence-corrected chi connectivity index (χ1v) is 5.27. The van der Waals surface area contributed by atoms with E-state index in [0.717, 1.165) is 35.4 Å². The number of hydrogen-bond donors (Lipinski definition) is 1. The van der Waals surface area contributed by atoms with Crippen molar-refractivity contribution in [2.45, 2.75) is 32.7 Å². The van der Waals surface area contributed by atoms with Crippen LogP contribution in [0.1, 0.15) is 24.8 Å². The van der Waals surface area contributed by atoms with E-state index in [2.05, 4.69) is 4.98 Å². The predicted molar refractivity (Wildman–Crippen MR) is 60.7 cm³/mol. The zero-order chi connectivity index (χ0) is 10.8. The first kappa shape index (κ1) is 10.2. The van der Waals surface area contributed by atoms with E-state index >= 15 is 0 Å². The van der Waals surface area contributed by atoms with Crippen LogP contribution in [0.15, 0.2) is 22.6 Å². The highest BCUT2D eigenvalue weighted by atomic mass is 16.3. The van der Waals surface area contributed by atoms with Crippen molar-refractivity contribution in [2.75, 3.05) is 0 Å². The average Bonchev–Trinajstić information content (AvgIpc) is 2.59. The molecule has 1 aromatic heterocycles. The van der Waals surface area contributed by atoms with Gasteiger partial charge in [0.1, 0.15) is 5.52 Å². The Hall–Kier alpha value is -1.35. The van der Waals surface area contributed by atoms with Crippen LogP contribution in [0.25, 0.3) is 11.1 Å². The molecule has 0 amide bonds. The Morgan fingerprint density at radius 3 is 2.93 bits per heavy atom. The smallest absolute Gasteiger partial charge is 0.195 e. The van der Waals surface area contributed by atoms with Crippen molar-refractivity contribution in [3.05, 3.63) is 29.7 Å². The molecule has 0 saturated heterocycles. The molecule has 15 heavy (non-hydrogen) atoms. The van der Waals surface area contributed by atoms with Gasteiger partial charge in [-0.3, -0.25) is 0 Å². The first-order valence-electron chi connectivity index (χ1n) is 5.27. The molecule has 3 nitrogen and oxygen atoms in total. The summed E-state index contributed by atoms with van der Waals surface area (Å²) in [7, 11) is 0. The van der Waals surface area contributed by atoms with Gasteiger partial charge in [-0.1, -0.05) is 12.1 Å². The van der Waals surface area contributed by atoms with Gasteiger partial charge in [0.05, 0.1) is 0 Å². The first-order chi connectivity index (χ1) is 7.16. The maximum atomic E-state index is 5.69. The van der Waals surface area contributed by atoms with Gasteiger partial charge in [-0.25, -0.2) is 4.98 Å². The molecule has 1 heterocycles. The van der Waals surface area contributed by atoms with Crippen LogP contribution in [-0.2, 0) is 6.42 Å². The molecular formula is C12H16N2O. The fourth-order valence-corrected chi connectivity index (χ4v) is 1.59. The Kier molecular flexibility index (Phi) is 2.73. The van der Waals surface area contributed by atoms with Gasteiger partial charge < -0.3 is 10.2 Å². The van der Waals surface area contributed by atoms with Crippen LogP contribution in [-0.4, -0.2) is 11.0 Å². The minimum absolute atomic E-state index is 0.195. The minimum atomic E-state index is 0.195. The number of oxazole rings is 1. The number of fused-ring (bicyclic) bond motifs is 1. The number of nitrogens with two attached hydrogens (primary N) is 1. The maximum Gasteiger partial charge on any atom is 0.195 e. The van der Waals surface area contributed by atoms with Crippen LogP contribution >= 0.6 is 0 Å². The summed E-state index contributed by atoms with van der Waals surface area (Å²) in [5.41, 5.74) is 8.67. The number of para-hydroxylation sites is 1. The third-order valence-electron chi connectivity index (χ3n) is 2.47. The fraction of sp³-hybridized carbons (Fsp3) is 0.417. The van der Waals surface area contributed by atoms with E-state index in [9.17, 15) is 0 Å². The molecule has 1 atom stereocenters. The monoisotopic (exact) mass is 204 g/mol. The number of aromatic nitrogens is 1. The Balaban J connectivity index is 2.27.